The molecular weight excluding hydrogens is 266 g/mol. The smallest absolute Gasteiger partial charge is 0.328 e. The second-order valence-corrected chi connectivity index (χ2v) is 4.05. The minimum Gasteiger partial charge on any atom is -0.496 e. The van der Waals surface area contributed by atoms with Gasteiger partial charge in [-0.3, -0.25) is 4.79 Å². The number of nitrogens with one attached hydrogen (secondary N) is 1. The molecule has 0 saturated heterocycles. The number of carboxylic acids is 1. The summed E-state index contributed by atoms with van der Waals surface area (Å²) in [7, 11) is 2.91. The number of ether oxygens (including phenoxy) is 2. The van der Waals surface area contributed by atoms with Crippen molar-refractivity contribution in [3.63, 3.8) is 0 Å². The summed E-state index contributed by atoms with van der Waals surface area (Å²) < 4.78 is 10.3. The third-order valence-electron chi connectivity index (χ3n) is 2.80. The van der Waals surface area contributed by atoms with Gasteiger partial charge in [0.05, 0.1) is 20.8 Å². The zero-order valence-electron chi connectivity index (χ0n) is 11.5. The van der Waals surface area contributed by atoms with Crippen molar-refractivity contribution in [1.29, 1.82) is 0 Å². The Morgan fingerprint density at radius 3 is 2.10 bits per heavy atom. The first kappa shape index (κ1) is 15.8. The number of aliphatic hydroxyl groups excluding tert-OH is 1. The van der Waals surface area contributed by atoms with E-state index in [4.69, 9.17) is 19.7 Å². The molecular formula is C13H17NO6. The zero-order chi connectivity index (χ0) is 15.3. The van der Waals surface area contributed by atoms with Crippen molar-refractivity contribution in [3.8, 4) is 11.5 Å². The van der Waals surface area contributed by atoms with Gasteiger partial charge in [0.2, 0.25) is 0 Å². The summed E-state index contributed by atoms with van der Waals surface area (Å²) in [5.74, 6) is -1.05. The number of hydrogen-bond acceptors (Lipinski definition) is 5. The van der Waals surface area contributed by atoms with Gasteiger partial charge in [0.1, 0.15) is 11.5 Å². The first-order valence-electron chi connectivity index (χ1n) is 5.81. The SMILES string of the molecule is COc1cc(C(=O)NC(CO)C(=O)O)cc(OC)c1C. The summed E-state index contributed by atoms with van der Waals surface area (Å²) in [5.41, 5.74) is 0.910. The van der Waals surface area contributed by atoms with Crippen LogP contribution in [-0.4, -0.2) is 49.0 Å². The minimum absolute atomic E-state index is 0.184. The van der Waals surface area contributed by atoms with Gasteiger partial charge in [-0.2, -0.15) is 0 Å². The number of carbonyl (C=O) groups is 2. The average molecular weight is 283 g/mol. The Labute approximate surface area is 116 Å². The lowest BCUT2D eigenvalue weighted by molar-refractivity contribution is -0.140. The molecule has 0 radical (unpaired) electrons. The highest BCUT2D eigenvalue weighted by Crippen LogP contribution is 2.29. The number of carbonyl (C=O) groups excluding carboxylic acids is 1. The molecule has 0 aliphatic carbocycles. The molecule has 0 saturated carbocycles. The van der Waals surface area contributed by atoms with Gasteiger partial charge in [-0.05, 0) is 19.1 Å². The van der Waals surface area contributed by atoms with E-state index in [1.54, 1.807) is 6.92 Å². The Kier molecular flexibility index (Phi) is 5.33. The van der Waals surface area contributed by atoms with Crippen molar-refractivity contribution in [2.24, 2.45) is 0 Å². The number of amides is 1. The van der Waals surface area contributed by atoms with Gasteiger partial charge in [0.25, 0.3) is 5.91 Å². The zero-order valence-corrected chi connectivity index (χ0v) is 11.5. The molecule has 1 amide bonds. The molecule has 3 N–H and O–H groups in total. The van der Waals surface area contributed by atoms with Crippen molar-refractivity contribution in [2.45, 2.75) is 13.0 Å². The van der Waals surface area contributed by atoms with E-state index in [-0.39, 0.29) is 5.56 Å². The standard InChI is InChI=1S/C13H17NO6/c1-7-10(19-2)4-8(5-11(7)20-3)12(16)14-9(6-15)13(17)18/h4-5,9,15H,6H2,1-3H3,(H,14,16)(H,17,18). The number of aliphatic carboxylic acids is 1. The molecule has 0 fully saturated rings. The molecule has 0 aliphatic rings. The van der Waals surface area contributed by atoms with Crippen LogP contribution >= 0.6 is 0 Å². The Hall–Kier alpha value is -2.28. The molecule has 0 spiro atoms. The molecule has 7 heteroatoms. The summed E-state index contributed by atoms with van der Waals surface area (Å²) in [6, 6.07) is 1.59. The summed E-state index contributed by atoms with van der Waals surface area (Å²) in [4.78, 5) is 22.7. The molecule has 1 atom stereocenters. The van der Waals surface area contributed by atoms with Gasteiger partial charge in [0.15, 0.2) is 6.04 Å². The molecule has 110 valence electrons. The molecule has 1 aromatic rings. The lowest BCUT2D eigenvalue weighted by Gasteiger charge is -2.15. The molecule has 0 bridgehead atoms. The van der Waals surface area contributed by atoms with Crippen molar-refractivity contribution >= 4 is 11.9 Å². The van der Waals surface area contributed by atoms with E-state index in [1.165, 1.54) is 26.4 Å². The van der Waals surface area contributed by atoms with Crippen LogP contribution in [0.5, 0.6) is 11.5 Å². The summed E-state index contributed by atoms with van der Waals surface area (Å²) in [5, 5.41) is 19.9. The van der Waals surface area contributed by atoms with Crippen LogP contribution in [0.1, 0.15) is 15.9 Å². The number of carboxylic acid groups (broad SMARTS) is 1. The van der Waals surface area contributed by atoms with E-state index in [0.29, 0.717) is 11.5 Å². The molecule has 1 rings (SSSR count). The highest BCUT2D eigenvalue weighted by Gasteiger charge is 2.21. The van der Waals surface area contributed by atoms with Gasteiger partial charge in [0, 0.05) is 11.1 Å². The van der Waals surface area contributed by atoms with E-state index in [2.05, 4.69) is 5.32 Å². The van der Waals surface area contributed by atoms with Crippen LogP contribution in [0.2, 0.25) is 0 Å². The summed E-state index contributed by atoms with van der Waals surface area (Å²) in [6.45, 7) is 1.08. The third kappa shape index (κ3) is 3.39. The fourth-order valence-corrected chi connectivity index (χ4v) is 1.64. The lowest BCUT2D eigenvalue weighted by atomic mass is 10.1. The number of rotatable bonds is 6. The van der Waals surface area contributed by atoms with Gasteiger partial charge in [-0.1, -0.05) is 0 Å². The summed E-state index contributed by atoms with van der Waals surface area (Å²) in [6.07, 6.45) is 0. The van der Waals surface area contributed by atoms with Crippen molar-refractivity contribution in [3.05, 3.63) is 23.3 Å². The largest absolute Gasteiger partial charge is 0.496 e. The molecule has 0 aromatic heterocycles. The maximum absolute atomic E-state index is 12.0. The Morgan fingerprint density at radius 2 is 1.75 bits per heavy atom. The van der Waals surface area contributed by atoms with Gasteiger partial charge in [-0.25, -0.2) is 4.79 Å². The van der Waals surface area contributed by atoms with Crippen LogP contribution < -0.4 is 14.8 Å². The first-order valence-corrected chi connectivity index (χ1v) is 5.81. The minimum atomic E-state index is -1.36. The van der Waals surface area contributed by atoms with Crippen LogP contribution in [0.3, 0.4) is 0 Å². The van der Waals surface area contributed by atoms with Gasteiger partial charge in [-0.15, -0.1) is 0 Å². The number of benzene rings is 1. The first-order chi connectivity index (χ1) is 9.44. The van der Waals surface area contributed by atoms with Gasteiger partial charge < -0.3 is 25.0 Å². The second-order valence-electron chi connectivity index (χ2n) is 4.05. The van der Waals surface area contributed by atoms with Crippen LogP contribution in [-0.2, 0) is 4.79 Å². The molecule has 20 heavy (non-hydrogen) atoms. The topological polar surface area (TPSA) is 105 Å². The Balaban J connectivity index is 3.07. The monoisotopic (exact) mass is 283 g/mol. The van der Waals surface area contributed by atoms with Crippen molar-refractivity contribution in [1.82, 2.24) is 5.32 Å². The lowest BCUT2D eigenvalue weighted by Crippen LogP contribution is -2.43. The van der Waals surface area contributed by atoms with Crippen LogP contribution in [0.4, 0.5) is 0 Å². The fraction of sp³-hybridized carbons (Fsp3) is 0.385. The van der Waals surface area contributed by atoms with Crippen LogP contribution in [0, 0.1) is 6.92 Å². The quantitative estimate of drug-likeness (QED) is 0.688. The average Bonchev–Trinajstić information content (AvgIpc) is 2.44. The maximum Gasteiger partial charge on any atom is 0.328 e. The highest BCUT2D eigenvalue weighted by atomic mass is 16.5. The van der Waals surface area contributed by atoms with Crippen molar-refractivity contribution in [2.75, 3.05) is 20.8 Å². The molecule has 0 aliphatic heterocycles. The Morgan fingerprint density at radius 1 is 1.25 bits per heavy atom. The molecule has 0 heterocycles. The van der Waals surface area contributed by atoms with E-state index >= 15 is 0 Å². The van der Waals surface area contributed by atoms with E-state index < -0.39 is 24.5 Å². The van der Waals surface area contributed by atoms with Crippen LogP contribution in [0.25, 0.3) is 0 Å². The number of hydrogen-bond donors (Lipinski definition) is 3. The third-order valence-corrected chi connectivity index (χ3v) is 2.80. The normalized spacial score (nSPS) is 11.6. The number of aliphatic hydroxyl groups is 1. The highest BCUT2D eigenvalue weighted by molar-refractivity contribution is 5.97. The van der Waals surface area contributed by atoms with Crippen LogP contribution in [0.15, 0.2) is 12.1 Å². The number of methoxy groups -OCH3 is 2. The molecule has 7 nitrogen and oxygen atoms in total. The van der Waals surface area contributed by atoms with Gasteiger partial charge >= 0.3 is 5.97 Å². The van der Waals surface area contributed by atoms with E-state index in [1.807, 2.05) is 0 Å². The fourth-order valence-electron chi connectivity index (χ4n) is 1.64. The predicted molar refractivity (Wildman–Crippen MR) is 70.3 cm³/mol. The molecule has 1 unspecified atom stereocenters. The molecule has 1 aromatic carbocycles. The predicted octanol–water partition coefficient (Wildman–Crippen LogP) is 0.188. The maximum atomic E-state index is 12.0. The van der Waals surface area contributed by atoms with E-state index in [9.17, 15) is 9.59 Å². The second kappa shape index (κ2) is 6.76. The van der Waals surface area contributed by atoms with Crippen molar-refractivity contribution < 1.29 is 29.3 Å². The van der Waals surface area contributed by atoms with E-state index in [0.717, 1.165) is 5.56 Å². The summed E-state index contributed by atoms with van der Waals surface area (Å²) >= 11 is 0. The Bertz CT molecular complexity index is 489.